The minimum atomic E-state index is 1.14. The fourth-order valence-electron chi connectivity index (χ4n) is 7.39. The fraction of sp³-hybridized carbons (Fsp3) is 0.0233. The van der Waals surface area contributed by atoms with Gasteiger partial charge in [-0.05, 0) is 79.2 Å². The lowest BCUT2D eigenvalue weighted by Crippen LogP contribution is -1.98. The third kappa shape index (κ3) is 3.79. The molecule has 0 spiro atoms. The molecule has 6 aromatic carbocycles. The summed E-state index contributed by atoms with van der Waals surface area (Å²) in [6.07, 6.45) is 6.03. The van der Waals surface area contributed by atoms with Crippen molar-refractivity contribution in [2.75, 3.05) is 0 Å². The van der Waals surface area contributed by atoms with E-state index in [1.807, 2.05) is 12.2 Å². The van der Waals surface area contributed by atoms with Gasteiger partial charge in [-0.3, -0.25) is 0 Å². The van der Waals surface area contributed by atoms with Crippen molar-refractivity contribution in [2.24, 2.45) is 0 Å². The molecule has 0 saturated heterocycles. The molecule has 0 amide bonds. The van der Waals surface area contributed by atoms with Gasteiger partial charge in [0.15, 0.2) is 0 Å². The van der Waals surface area contributed by atoms with Gasteiger partial charge in [0.1, 0.15) is 0 Å². The Morgan fingerprint density at radius 1 is 0.435 bits per heavy atom. The Kier molecular flexibility index (Phi) is 5.87. The van der Waals surface area contributed by atoms with Gasteiger partial charge in [-0.2, -0.15) is 0 Å². The number of hydrogen-bond donors (Lipinski definition) is 0. The molecular formula is C43H31N3. The van der Waals surface area contributed by atoms with E-state index in [2.05, 4.69) is 173 Å². The maximum atomic E-state index is 3.93. The van der Waals surface area contributed by atoms with Crippen LogP contribution >= 0.6 is 0 Å². The average Bonchev–Trinajstić information content (AvgIpc) is 3.72. The van der Waals surface area contributed by atoms with Crippen molar-refractivity contribution < 1.29 is 0 Å². The number of aryl methyl sites for hydroxylation is 1. The van der Waals surface area contributed by atoms with Crippen molar-refractivity contribution in [2.45, 2.75) is 6.92 Å². The van der Waals surface area contributed by atoms with E-state index in [9.17, 15) is 0 Å². The third-order valence-corrected chi connectivity index (χ3v) is 9.41. The van der Waals surface area contributed by atoms with Crippen LogP contribution in [0.15, 0.2) is 158 Å². The number of hydrogen-bond acceptors (Lipinski definition) is 0. The molecule has 0 atom stereocenters. The van der Waals surface area contributed by atoms with E-state index in [0.29, 0.717) is 0 Å². The molecule has 0 fully saturated rings. The number of aromatic nitrogens is 3. The summed E-state index contributed by atoms with van der Waals surface area (Å²) >= 11 is 0. The zero-order valence-electron chi connectivity index (χ0n) is 25.6. The normalized spacial score (nSPS) is 12.0. The molecule has 9 aromatic rings. The molecule has 3 heterocycles. The molecule has 0 unspecified atom stereocenters. The van der Waals surface area contributed by atoms with Gasteiger partial charge in [0, 0.05) is 49.7 Å². The lowest BCUT2D eigenvalue weighted by atomic mass is 10.1. The molecule has 9 rings (SSSR count). The number of nitrogens with zero attached hydrogens (tertiary/aromatic N) is 3. The third-order valence-electron chi connectivity index (χ3n) is 9.41. The van der Waals surface area contributed by atoms with E-state index in [1.54, 1.807) is 0 Å². The van der Waals surface area contributed by atoms with Gasteiger partial charge < -0.3 is 13.7 Å². The molecule has 0 aliphatic rings. The molecule has 3 heteroatoms. The molecule has 46 heavy (non-hydrogen) atoms. The Morgan fingerprint density at radius 2 is 0.957 bits per heavy atom. The predicted molar refractivity (Wildman–Crippen MR) is 196 cm³/mol. The zero-order valence-corrected chi connectivity index (χ0v) is 25.6. The number of para-hydroxylation sites is 4. The van der Waals surface area contributed by atoms with Crippen LogP contribution in [-0.4, -0.2) is 13.7 Å². The predicted octanol–water partition coefficient (Wildman–Crippen LogP) is 11.3. The summed E-state index contributed by atoms with van der Waals surface area (Å²) in [7, 11) is 0. The number of fused-ring (bicyclic) bond motifs is 7. The van der Waals surface area contributed by atoms with Crippen LogP contribution in [0.3, 0.4) is 0 Å². The summed E-state index contributed by atoms with van der Waals surface area (Å²) in [4.78, 5) is 0. The molecule has 0 radical (unpaired) electrons. The standard InChI is InChI=1S/C43H31N3/c1-3-4-19-38-29(2)33-16-8-11-20-39(33)45(38)31-24-26-42-37(27-31)36-25-23-32(28-43(36)44(42)30-14-6-5-7-15-30)46-40-21-12-9-17-34(40)35-18-10-13-22-41(35)46/h3-28H,1H2,2H3/b19-4-. The maximum Gasteiger partial charge on any atom is 0.0561 e. The van der Waals surface area contributed by atoms with E-state index < -0.39 is 0 Å². The summed E-state index contributed by atoms with van der Waals surface area (Å²) in [6, 6.07) is 50.6. The quantitative estimate of drug-likeness (QED) is 0.177. The van der Waals surface area contributed by atoms with Crippen molar-refractivity contribution in [3.8, 4) is 17.1 Å². The first kappa shape index (κ1) is 26.4. The molecule has 218 valence electrons. The highest BCUT2D eigenvalue weighted by Crippen LogP contribution is 2.38. The van der Waals surface area contributed by atoms with Crippen LogP contribution in [0.2, 0.25) is 0 Å². The molecule has 3 nitrogen and oxygen atoms in total. The first-order valence-electron chi connectivity index (χ1n) is 15.7. The van der Waals surface area contributed by atoms with Crippen molar-refractivity contribution in [3.63, 3.8) is 0 Å². The number of benzene rings is 6. The second kappa shape index (κ2) is 10.3. The Morgan fingerprint density at radius 3 is 1.65 bits per heavy atom. The molecule has 0 saturated carbocycles. The van der Waals surface area contributed by atoms with E-state index in [0.717, 1.165) is 17.1 Å². The van der Waals surface area contributed by atoms with Gasteiger partial charge in [0.2, 0.25) is 0 Å². The van der Waals surface area contributed by atoms with Crippen molar-refractivity contribution in [1.29, 1.82) is 0 Å². The average molecular weight is 590 g/mol. The van der Waals surface area contributed by atoms with Crippen LogP contribution in [0.5, 0.6) is 0 Å². The Bertz CT molecular complexity index is 2610. The van der Waals surface area contributed by atoms with Crippen LogP contribution < -0.4 is 0 Å². The number of allylic oxidation sites excluding steroid dienone is 2. The van der Waals surface area contributed by atoms with Gasteiger partial charge in [-0.15, -0.1) is 0 Å². The number of rotatable bonds is 5. The Hall–Kier alpha value is -6.06. The van der Waals surface area contributed by atoms with Crippen LogP contribution in [0, 0.1) is 6.92 Å². The zero-order chi connectivity index (χ0) is 30.8. The second-order valence-corrected chi connectivity index (χ2v) is 11.9. The van der Waals surface area contributed by atoms with Gasteiger partial charge in [-0.25, -0.2) is 0 Å². The minimum absolute atomic E-state index is 1.14. The van der Waals surface area contributed by atoms with Crippen molar-refractivity contribution in [1.82, 2.24) is 13.7 Å². The van der Waals surface area contributed by atoms with Gasteiger partial charge in [0.05, 0.1) is 27.6 Å². The molecule has 0 N–H and O–H groups in total. The highest BCUT2D eigenvalue weighted by atomic mass is 15.0. The van der Waals surface area contributed by atoms with Crippen molar-refractivity contribution >= 4 is 60.6 Å². The molecule has 0 aliphatic carbocycles. The van der Waals surface area contributed by atoms with Gasteiger partial charge >= 0.3 is 0 Å². The lowest BCUT2D eigenvalue weighted by Gasteiger charge is -2.12. The highest BCUT2D eigenvalue weighted by molar-refractivity contribution is 6.12. The summed E-state index contributed by atoms with van der Waals surface area (Å²) < 4.78 is 7.18. The van der Waals surface area contributed by atoms with E-state index in [-0.39, 0.29) is 0 Å². The largest absolute Gasteiger partial charge is 0.310 e. The SMILES string of the molecule is C=C/C=C\c1c(C)c2ccccc2n1-c1ccc2c(c1)c1ccc(-n3c4ccccc4c4ccccc43)cc1n2-c1ccccc1. The van der Waals surface area contributed by atoms with Crippen LogP contribution in [-0.2, 0) is 0 Å². The molecule has 0 aliphatic heterocycles. The smallest absolute Gasteiger partial charge is 0.0561 e. The highest BCUT2D eigenvalue weighted by Gasteiger charge is 2.19. The molecule has 0 bridgehead atoms. The van der Waals surface area contributed by atoms with E-state index >= 15 is 0 Å². The van der Waals surface area contributed by atoms with Gasteiger partial charge in [-0.1, -0.05) is 97.6 Å². The lowest BCUT2D eigenvalue weighted by molar-refractivity contribution is 1.10. The summed E-state index contributed by atoms with van der Waals surface area (Å²) in [6.45, 7) is 6.13. The molecular weight excluding hydrogens is 558 g/mol. The van der Waals surface area contributed by atoms with Crippen LogP contribution in [0.1, 0.15) is 11.3 Å². The monoisotopic (exact) mass is 589 g/mol. The van der Waals surface area contributed by atoms with Crippen LogP contribution in [0.25, 0.3) is 77.7 Å². The first-order valence-corrected chi connectivity index (χ1v) is 15.7. The summed E-state index contributed by atoms with van der Waals surface area (Å²) in [5.41, 5.74) is 11.8. The maximum absolute atomic E-state index is 3.93. The van der Waals surface area contributed by atoms with E-state index in [4.69, 9.17) is 0 Å². The fourth-order valence-corrected chi connectivity index (χ4v) is 7.39. The summed E-state index contributed by atoms with van der Waals surface area (Å²) in [5, 5.41) is 6.23. The van der Waals surface area contributed by atoms with E-state index in [1.165, 1.54) is 65.8 Å². The molecule has 3 aromatic heterocycles. The second-order valence-electron chi connectivity index (χ2n) is 11.9. The summed E-state index contributed by atoms with van der Waals surface area (Å²) in [5.74, 6) is 0. The Labute approximate surface area is 267 Å². The minimum Gasteiger partial charge on any atom is -0.310 e. The first-order chi connectivity index (χ1) is 22.7. The van der Waals surface area contributed by atoms with Crippen molar-refractivity contribution in [3.05, 3.63) is 170 Å². The topological polar surface area (TPSA) is 14.8 Å². The van der Waals surface area contributed by atoms with Gasteiger partial charge in [0.25, 0.3) is 0 Å². The Balaban J connectivity index is 1.35. The van der Waals surface area contributed by atoms with Crippen LogP contribution in [0.4, 0.5) is 0 Å².